The molecule has 2 aromatic carbocycles. The van der Waals surface area contributed by atoms with E-state index in [1.165, 1.54) is 12.3 Å². The highest BCUT2D eigenvalue weighted by atomic mass is 35.5. The van der Waals surface area contributed by atoms with Crippen molar-refractivity contribution in [2.24, 2.45) is 0 Å². The Balaban J connectivity index is 1.90. The van der Waals surface area contributed by atoms with Crippen LogP contribution in [0.5, 0.6) is 0 Å². The number of benzene rings is 2. The van der Waals surface area contributed by atoms with E-state index >= 15 is 0 Å². The molecule has 26 heavy (non-hydrogen) atoms. The van der Waals surface area contributed by atoms with E-state index in [4.69, 9.17) is 20.4 Å². The van der Waals surface area contributed by atoms with Crippen LogP contribution in [-0.2, 0) is 6.18 Å². The third-order valence-electron chi connectivity index (χ3n) is 3.93. The standard InChI is InChI=1S/C18H10ClF3N2O2/c1-9-23-24-17(26-9)10-2-5-16-13(6-10)14(8-25-16)12-7-11(18(20,21)22)3-4-15(12)19/h2-8H,1H3. The third kappa shape index (κ3) is 2.84. The number of aryl methyl sites for hydroxylation is 1. The molecule has 0 N–H and O–H groups in total. The molecule has 0 fully saturated rings. The van der Waals surface area contributed by atoms with Crippen molar-refractivity contribution in [3.8, 4) is 22.6 Å². The maximum absolute atomic E-state index is 13.0. The summed E-state index contributed by atoms with van der Waals surface area (Å²) < 4.78 is 50.0. The summed E-state index contributed by atoms with van der Waals surface area (Å²) in [6.45, 7) is 1.67. The average Bonchev–Trinajstić information content (AvgIpc) is 3.20. The number of aromatic nitrogens is 2. The summed E-state index contributed by atoms with van der Waals surface area (Å²) in [7, 11) is 0. The van der Waals surface area contributed by atoms with Gasteiger partial charge >= 0.3 is 6.18 Å². The molecule has 0 aliphatic rings. The molecule has 0 aliphatic heterocycles. The maximum atomic E-state index is 13.0. The summed E-state index contributed by atoms with van der Waals surface area (Å²) in [5.74, 6) is 0.722. The Labute approximate surface area is 150 Å². The molecule has 0 radical (unpaired) electrons. The molecule has 0 saturated heterocycles. The van der Waals surface area contributed by atoms with Gasteiger partial charge in [0, 0.05) is 34.0 Å². The van der Waals surface area contributed by atoms with Gasteiger partial charge in [0.1, 0.15) is 5.58 Å². The number of hydrogen-bond acceptors (Lipinski definition) is 4. The first-order valence-electron chi connectivity index (χ1n) is 7.52. The third-order valence-corrected chi connectivity index (χ3v) is 4.26. The quantitative estimate of drug-likeness (QED) is 0.421. The summed E-state index contributed by atoms with van der Waals surface area (Å²) in [6.07, 6.45) is -3.08. The molecule has 8 heteroatoms. The second-order valence-corrected chi connectivity index (χ2v) is 6.09. The minimum atomic E-state index is -4.47. The predicted molar refractivity (Wildman–Crippen MR) is 89.7 cm³/mol. The van der Waals surface area contributed by atoms with Crippen LogP contribution in [-0.4, -0.2) is 10.2 Å². The molecule has 0 atom stereocenters. The lowest BCUT2D eigenvalue weighted by atomic mass is 10.0. The Morgan fingerprint density at radius 3 is 2.50 bits per heavy atom. The van der Waals surface area contributed by atoms with E-state index in [2.05, 4.69) is 10.2 Å². The van der Waals surface area contributed by atoms with Crippen LogP contribution in [0.25, 0.3) is 33.6 Å². The Bertz CT molecular complexity index is 1120. The van der Waals surface area contributed by atoms with Crippen LogP contribution in [0.15, 0.2) is 51.5 Å². The molecule has 0 bridgehead atoms. The number of nitrogens with zero attached hydrogens (tertiary/aromatic N) is 2. The molecule has 132 valence electrons. The van der Waals surface area contributed by atoms with E-state index < -0.39 is 11.7 Å². The number of alkyl halides is 3. The number of halogens is 4. The van der Waals surface area contributed by atoms with Crippen LogP contribution in [0.4, 0.5) is 13.2 Å². The predicted octanol–water partition coefficient (Wildman–Crippen LogP) is 6.13. The zero-order chi connectivity index (χ0) is 18.5. The summed E-state index contributed by atoms with van der Waals surface area (Å²) in [6, 6.07) is 8.32. The molecular formula is C18H10ClF3N2O2. The highest BCUT2D eigenvalue weighted by Gasteiger charge is 2.31. The van der Waals surface area contributed by atoms with E-state index in [1.807, 2.05) is 0 Å². The minimum absolute atomic E-state index is 0.194. The molecule has 0 unspecified atom stereocenters. The van der Waals surface area contributed by atoms with Gasteiger partial charge in [0.25, 0.3) is 0 Å². The lowest BCUT2D eigenvalue weighted by molar-refractivity contribution is -0.137. The average molecular weight is 379 g/mol. The molecule has 0 amide bonds. The van der Waals surface area contributed by atoms with Crippen LogP contribution in [0.3, 0.4) is 0 Å². The topological polar surface area (TPSA) is 52.1 Å². The largest absolute Gasteiger partial charge is 0.464 e. The van der Waals surface area contributed by atoms with Crippen molar-refractivity contribution in [1.82, 2.24) is 10.2 Å². The van der Waals surface area contributed by atoms with Gasteiger partial charge in [0.05, 0.1) is 11.8 Å². The van der Waals surface area contributed by atoms with E-state index in [0.29, 0.717) is 33.9 Å². The number of furan rings is 1. The molecule has 0 spiro atoms. The zero-order valence-electron chi connectivity index (χ0n) is 13.3. The van der Waals surface area contributed by atoms with Gasteiger partial charge in [0.15, 0.2) is 0 Å². The molecule has 4 aromatic rings. The van der Waals surface area contributed by atoms with Crippen molar-refractivity contribution in [2.45, 2.75) is 13.1 Å². The van der Waals surface area contributed by atoms with Crippen molar-refractivity contribution < 1.29 is 22.0 Å². The highest BCUT2D eigenvalue weighted by Crippen LogP contribution is 2.40. The fraction of sp³-hybridized carbons (Fsp3) is 0.111. The van der Waals surface area contributed by atoms with Gasteiger partial charge in [-0.2, -0.15) is 13.2 Å². The fourth-order valence-electron chi connectivity index (χ4n) is 2.69. The first-order valence-corrected chi connectivity index (χ1v) is 7.89. The second kappa shape index (κ2) is 5.88. The molecule has 0 saturated carbocycles. The lowest BCUT2D eigenvalue weighted by Crippen LogP contribution is -2.04. The number of fused-ring (bicyclic) bond motifs is 1. The van der Waals surface area contributed by atoms with Crippen molar-refractivity contribution in [3.05, 3.63) is 59.1 Å². The number of rotatable bonds is 2. The maximum Gasteiger partial charge on any atom is 0.416 e. The molecule has 2 aromatic heterocycles. The molecule has 0 aliphatic carbocycles. The smallest absolute Gasteiger partial charge is 0.416 e. The minimum Gasteiger partial charge on any atom is -0.464 e. The Hall–Kier alpha value is -2.80. The van der Waals surface area contributed by atoms with Crippen LogP contribution in [0.1, 0.15) is 11.5 Å². The van der Waals surface area contributed by atoms with Gasteiger partial charge in [-0.1, -0.05) is 11.6 Å². The van der Waals surface area contributed by atoms with E-state index in [1.54, 1.807) is 25.1 Å². The highest BCUT2D eigenvalue weighted by molar-refractivity contribution is 6.33. The summed E-state index contributed by atoms with van der Waals surface area (Å²) in [5, 5.41) is 8.52. The Morgan fingerprint density at radius 2 is 1.81 bits per heavy atom. The fourth-order valence-corrected chi connectivity index (χ4v) is 2.91. The van der Waals surface area contributed by atoms with E-state index in [-0.39, 0.29) is 10.6 Å². The first kappa shape index (κ1) is 16.7. The lowest BCUT2D eigenvalue weighted by Gasteiger charge is -2.10. The summed E-state index contributed by atoms with van der Waals surface area (Å²) in [5.41, 5.74) is 1.04. The van der Waals surface area contributed by atoms with Crippen LogP contribution >= 0.6 is 11.6 Å². The van der Waals surface area contributed by atoms with Crippen LogP contribution in [0, 0.1) is 6.92 Å². The SMILES string of the molecule is Cc1nnc(-c2ccc3occ(-c4cc(C(F)(F)F)ccc4Cl)c3c2)o1. The Morgan fingerprint density at radius 1 is 1.00 bits per heavy atom. The van der Waals surface area contributed by atoms with E-state index in [9.17, 15) is 13.2 Å². The molecule has 4 nitrogen and oxygen atoms in total. The zero-order valence-corrected chi connectivity index (χ0v) is 14.0. The molecule has 4 rings (SSSR count). The van der Waals surface area contributed by atoms with Crippen LogP contribution < -0.4 is 0 Å². The molecular weight excluding hydrogens is 369 g/mol. The van der Waals surface area contributed by atoms with E-state index in [0.717, 1.165) is 12.1 Å². The van der Waals surface area contributed by atoms with Gasteiger partial charge in [-0.3, -0.25) is 0 Å². The van der Waals surface area contributed by atoms with Gasteiger partial charge in [-0.15, -0.1) is 10.2 Å². The first-order chi connectivity index (χ1) is 12.3. The van der Waals surface area contributed by atoms with Crippen molar-refractivity contribution in [3.63, 3.8) is 0 Å². The van der Waals surface area contributed by atoms with Crippen molar-refractivity contribution in [2.75, 3.05) is 0 Å². The Kier molecular flexibility index (Phi) is 3.77. The number of hydrogen-bond donors (Lipinski definition) is 0. The van der Waals surface area contributed by atoms with Gasteiger partial charge < -0.3 is 8.83 Å². The van der Waals surface area contributed by atoms with Gasteiger partial charge in [-0.05, 0) is 36.4 Å². The molecule has 2 heterocycles. The van der Waals surface area contributed by atoms with Gasteiger partial charge in [0.2, 0.25) is 11.8 Å². The second-order valence-electron chi connectivity index (χ2n) is 5.68. The summed E-state index contributed by atoms with van der Waals surface area (Å²) in [4.78, 5) is 0. The van der Waals surface area contributed by atoms with Crippen molar-refractivity contribution >= 4 is 22.6 Å². The van der Waals surface area contributed by atoms with Gasteiger partial charge in [-0.25, -0.2) is 0 Å². The summed E-state index contributed by atoms with van der Waals surface area (Å²) >= 11 is 6.15. The monoisotopic (exact) mass is 378 g/mol. The van der Waals surface area contributed by atoms with Crippen molar-refractivity contribution in [1.29, 1.82) is 0 Å². The normalized spacial score (nSPS) is 12.0. The van der Waals surface area contributed by atoms with Crippen LogP contribution in [0.2, 0.25) is 5.02 Å².